The van der Waals surface area contributed by atoms with Crippen LogP contribution in [0.15, 0.2) is 54.7 Å². The lowest BCUT2D eigenvalue weighted by molar-refractivity contribution is 0.0343. The second kappa shape index (κ2) is 9.40. The molecule has 3 heterocycles. The number of nitrogens with one attached hydrogen (secondary N) is 1. The molecule has 0 radical (unpaired) electrons. The van der Waals surface area contributed by atoms with Crippen molar-refractivity contribution in [1.82, 2.24) is 19.9 Å². The van der Waals surface area contributed by atoms with Crippen LogP contribution in [0.5, 0.6) is 5.75 Å². The highest BCUT2D eigenvalue weighted by molar-refractivity contribution is 5.65. The summed E-state index contributed by atoms with van der Waals surface area (Å²) < 4.78 is 25.3. The van der Waals surface area contributed by atoms with Crippen LogP contribution in [0, 0.1) is 17.1 Å². The van der Waals surface area contributed by atoms with Crippen LogP contribution in [0.1, 0.15) is 17.5 Å². The van der Waals surface area contributed by atoms with Crippen LogP contribution < -0.4 is 15.4 Å². The van der Waals surface area contributed by atoms with Crippen molar-refractivity contribution in [3.63, 3.8) is 0 Å². The molecule has 5 rings (SSSR count). The second-order valence-corrected chi connectivity index (χ2v) is 7.99. The maximum Gasteiger partial charge on any atom is 0.222 e. The lowest BCUT2D eigenvalue weighted by Crippen LogP contribution is -2.39. The van der Waals surface area contributed by atoms with Crippen molar-refractivity contribution in [2.24, 2.45) is 0 Å². The Bertz CT molecular complexity index is 1400. The van der Waals surface area contributed by atoms with Crippen LogP contribution in [0.2, 0.25) is 0 Å². The molecular formula is C25H22FN7O2. The predicted octanol–water partition coefficient (Wildman–Crippen LogP) is 3.71. The van der Waals surface area contributed by atoms with E-state index in [1.807, 2.05) is 35.2 Å². The average molecular weight is 471 g/mol. The largest absolute Gasteiger partial charge is 0.497 e. The van der Waals surface area contributed by atoms with Gasteiger partial charge in [-0.1, -0.05) is 6.07 Å². The van der Waals surface area contributed by atoms with Gasteiger partial charge in [-0.2, -0.15) is 10.2 Å². The van der Waals surface area contributed by atoms with Crippen molar-refractivity contribution in [1.29, 1.82) is 5.26 Å². The molecule has 2 aromatic carbocycles. The van der Waals surface area contributed by atoms with Gasteiger partial charge in [0.25, 0.3) is 0 Å². The molecule has 1 aliphatic heterocycles. The fourth-order valence-corrected chi connectivity index (χ4v) is 3.97. The van der Waals surface area contributed by atoms with E-state index in [0.29, 0.717) is 42.6 Å². The third kappa shape index (κ3) is 4.62. The SMILES string of the molecule is COc1ccc(-c2cnc(C3CN(c4cc(-c5ccc(C#N)c(F)c5)nc(N)n4)CCO3)[nH]2)cc1. The lowest BCUT2D eigenvalue weighted by Gasteiger charge is -2.33. The Morgan fingerprint density at radius 1 is 1.17 bits per heavy atom. The van der Waals surface area contributed by atoms with Gasteiger partial charge in [-0.25, -0.2) is 14.4 Å². The van der Waals surface area contributed by atoms with E-state index in [9.17, 15) is 4.39 Å². The van der Waals surface area contributed by atoms with Crippen LogP contribution in [-0.2, 0) is 4.74 Å². The first-order valence-electron chi connectivity index (χ1n) is 10.9. The summed E-state index contributed by atoms with van der Waals surface area (Å²) in [6.45, 7) is 1.56. The first-order chi connectivity index (χ1) is 17.0. The van der Waals surface area contributed by atoms with Crippen molar-refractivity contribution in [3.8, 4) is 34.3 Å². The number of hydrogen-bond acceptors (Lipinski definition) is 8. The number of aromatic nitrogens is 4. The van der Waals surface area contributed by atoms with E-state index in [1.54, 1.807) is 25.4 Å². The van der Waals surface area contributed by atoms with Crippen LogP contribution in [0.25, 0.3) is 22.5 Å². The topological polar surface area (TPSA) is 126 Å². The Labute approximate surface area is 201 Å². The van der Waals surface area contributed by atoms with Gasteiger partial charge in [0.05, 0.1) is 43.4 Å². The number of nitrogen functional groups attached to an aromatic ring is 1. The Morgan fingerprint density at radius 3 is 2.71 bits per heavy atom. The Morgan fingerprint density at radius 2 is 1.97 bits per heavy atom. The summed E-state index contributed by atoms with van der Waals surface area (Å²) in [6, 6.07) is 15.6. The molecule has 2 aromatic heterocycles. The van der Waals surface area contributed by atoms with Gasteiger partial charge in [-0.05, 0) is 42.0 Å². The fourth-order valence-electron chi connectivity index (χ4n) is 3.97. The first kappa shape index (κ1) is 22.3. The summed E-state index contributed by atoms with van der Waals surface area (Å²) >= 11 is 0. The monoisotopic (exact) mass is 471 g/mol. The molecule has 9 nitrogen and oxygen atoms in total. The molecule has 176 valence electrons. The zero-order chi connectivity index (χ0) is 24.4. The zero-order valence-corrected chi connectivity index (χ0v) is 18.9. The van der Waals surface area contributed by atoms with Gasteiger partial charge in [0, 0.05) is 18.2 Å². The number of rotatable bonds is 5. The van der Waals surface area contributed by atoms with Gasteiger partial charge < -0.3 is 25.1 Å². The van der Waals surface area contributed by atoms with Crippen LogP contribution in [-0.4, -0.2) is 46.7 Å². The fraction of sp³-hybridized carbons (Fsp3) is 0.200. The molecular weight excluding hydrogens is 449 g/mol. The van der Waals surface area contributed by atoms with Crippen LogP contribution in [0.4, 0.5) is 16.2 Å². The normalized spacial score (nSPS) is 15.6. The number of nitrogens with zero attached hydrogens (tertiary/aromatic N) is 5. The molecule has 0 bridgehead atoms. The molecule has 1 atom stereocenters. The Hall–Kier alpha value is -4.49. The molecule has 35 heavy (non-hydrogen) atoms. The number of aromatic amines is 1. The van der Waals surface area contributed by atoms with Crippen LogP contribution >= 0.6 is 0 Å². The van der Waals surface area contributed by atoms with E-state index in [1.165, 1.54) is 12.1 Å². The summed E-state index contributed by atoms with van der Waals surface area (Å²) in [4.78, 5) is 18.5. The number of morpholine rings is 1. The van der Waals surface area contributed by atoms with Gasteiger partial charge in [0.1, 0.15) is 35.4 Å². The second-order valence-electron chi connectivity index (χ2n) is 7.99. The molecule has 3 N–H and O–H groups in total. The quantitative estimate of drug-likeness (QED) is 0.451. The molecule has 1 fully saturated rings. The number of nitriles is 1. The number of hydrogen-bond donors (Lipinski definition) is 2. The van der Waals surface area contributed by atoms with Gasteiger partial charge in [-0.15, -0.1) is 0 Å². The van der Waals surface area contributed by atoms with E-state index < -0.39 is 5.82 Å². The summed E-state index contributed by atoms with van der Waals surface area (Å²) in [7, 11) is 1.63. The number of imidazole rings is 1. The molecule has 10 heteroatoms. The summed E-state index contributed by atoms with van der Waals surface area (Å²) in [6.07, 6.45) is 1.47. The number of halogens is 1. The van der Waals surface area contributed by atoms with Gasteiger partial charge in [-0.3, -0.25) is 0 Å². The van der Waals surface area contributed by atoms with E-state index in [2.05, 4.69) is 19.9 Å². The molecule has 0 spiro atoms. The average Bonchev–Trinajstić information content (AvgIpc) is 3.39. The highest BCUT2D eigenvalue weighted by atomic mass is 19.1. The van der Waals surface area contributed by atoms with Gasteiger partial charge in [0.2, 0.25) is 5.95 Å². The molecule has 0 saturated carbocycles. The standard InChI is InChI=1S/C25H22FN7O2/c1-34-18-6-4-15(5-7-18)21-13-29-24(30-21)22-14-33(8-9-35-22)23-11-20(31-25(28)32-23)16-2-3-17(12-27)19(26)10-16/h2-7,10-11,13,22H,8-9,14H2,1H3,(H,29,30)(H2,28,31,32). The van der Waals surface area contributed by atoms with Crippen molar-refractivity contribution in [3.05, 3.63) is 71.9 Å². The third-order valence-electron chi connectivity index (χ3n) is 5.81. The highest BCUT2D eigenvalue weighted by Crippen LogP contribution is 2.29. The lowest BCUT2D eigenvalue weighted by atomic mass is 10.1. The molecule has 4 aromatic rings. The predicted molar refractivity (Wildman–Crippen MR) is 128 cm³/mol. The molecule has 1 aliphatic rings. The summed E-state index contributed by atoms with van der Waals surface area (Å²) in [5.74, 6) is 1.56. The van der Waals surface area contributed by atoms with Gasteiger partial charge >= 0.3 is 0 Å². The van der Waals surface area contributed by atoms with Gasteiger partial charge in [0.15, 0.2) is 0 Å². The smallest absolute Gasteiger partial charge is 0.222 e. The molecule has 0 amide bonds. The molecule has 0 aliphatic carbocycles. The number of ether oxygens (including phenoxy) is 2. The first-order valence-corrected chi connectivity index (χ1v) is 10.9. The van der Waals surface area contributed by atoms with Crippen molar-refractivity contribution in [2.75, 3.05) is 37.4 Å². The van der Waals surface area contributed by atoms with E-state index >= 15 is 0 Å². The van der Waals surface area contributed by atoms with E-state index in [4.69, 9.17) is 20.5 Å². The minimum atomic E-state index is -0.611. The van der Waals surface area contributed by atoms with Crippen molar-refractivity contribution in [2.45, 2.75) is 6.10 Å². The summed E-state index contributed by atoms with van der Waals surface area (Å²) in [5.41, 5.74) is 8.79. The number of nitrogens with two attached hydrogens (primary N) is 1. The highest BCUT2D eigenvalue weighted by Gasteiger charge is 2.26. The zero-order valence-electron chi connectivity index (χ0n) is 18.9. The molecule has 1 unspecified atom stereocenters. The Kier molecular flexibility index (Phi) is 5.99. The number of methoxy groups -OCH3 is 1. The number of benzene rings is 2. The molecule has 1 saturated heterocycles. The van der Waals surface area contributed by atoms with Crippen LogP contribution in [0.3, 0.4) is 0 Å². The van der Waals surface area contributed by atoms with E-state index in [0.717, 1.165) is 17.0 Å². The van der Waals surface area contributed by atoms with Crippen molar-refractivity contribution >= 4 is 11.8 Å². The minimum Gasteiger partial charge on any atom is -0.497 e. The maximum absolute atomic E-state index is 14.2. The summed E-state index contributed by atoms with van der Waals surface area (Å²) in [5, 5.41) is 8.98. The van der Waals surface area contributed by atoms with E-state index in [-0.39, 0.29) is 17.6 Å². The maximum atomic E-state index is 14.2. The third-order valence-corrected chi connectivity index (χ3v) is 5.81. The minimum absolute atomic E-state index is 0.0283. The van der Waals surface area contributed by atoms with Crippen molar-refractivity contribution < 1.29 is 13.9 Å². The number of H-pyrrole nitrogens is 1. The Balaban J connectivity index is 1.37. The number of anilines is 2.